The summed E-state index contributed by atoms with van der Waals surface area (Å²) in [7, 11) is 0. The molecule has 0 aliphatic carbocycles. The molecule has 2 amide bonds. The van der Waals surface area contributed by atoms with Crippen molar-refractivity contribution in [2.45, 2.75) is 31.3 Å². The Bertz CT molecular complexity index is 841. The minimum atomic E-state index is -1.36. The average molecular weight is 395 g/mol. The summed E-state index contributed by atoms with van der Waals surface area (Å²) in [6, 6.07) is 16.1. The van der Waals surface area contributed by atoms with Gasteiger partial charge in [0.05, 0.1) is 12.0 Å². The number of benzene rings is 2. The summed E-state index contributed by atoms with van der Waals surface area (Å²) in [4.78, 5) is 38.2. The van der Waals surface area contributed by atoms with Crippen LogP contribution in [0.2, 0.25) is 0 Å². The molecule has 1 N–H and O–H groups in total. The van der Waals surface area contributed by atoms with Gasteiger partial charge in [0.15, 0.2) is 6.61 Å². The first-order chi connectivity index (χ1) is 14.0. The number of aliphatic carboxylic acids is 1. The van der Waals surface area contributed by atoms with Gasteiger partial charge in [-0.05, 0) is 37.0 Å². The number of hydrogen-bond acceptors (Lipinski definition) is 5. The highest BCUT2D eigenvalue weighted by Crippen LogP contribution is 2.19. The Hall–Kier alpha value is -3.35. The molecule has 1 fully saturated rings. The van der Waals surface area contributed by atoms with Gasteiger partial charge < -0.3 is 24.9 Å². The molecule has 2 aromatic carbocycles. The van der Waals surface area contributed by atoms with Crippen molar-refractivity contribution in [2.75, 3.05) is 13.2 Å². The first-order valence-electron chi connectivity index (χ1n) is 9.57. The molecule has 1 aliphatic heterocycles. The molecule has 2 aromatic rings. The smallest absolute Gasteiger partial charge is 0.261 e. The van der Waals surface area contributed by atoms with E-state index in [4.69, 9.17) is 4.74 Å². The molecule has 0 radical (unpaired) electrons. The number of nitrogens with zero attached hydrogens (tertiary/aromatic N) is 1. The van der Waals surface area contributed by atoms with Crippen LogP contribution in [0.25, 0.3) is 0 Å². The van der Waals surface area contributed by atoms with Crippen LogP contribution in [-0.4, -0.2) is 47.9 Å². The summed E-state index contributed by atoms with van der Waals surface area (Å²) in [5, 5.41) is 14.0. The van der Waals surface area contributed by atoms with Crippen LogP contribution in [0.3, 0.4) is 0 Å². The summed E-state index contributed by atoms with van der Waals surface area (Å²) in [5.74, 6) is -1.58. The Morgan fingerprint density at radius 1 is 1.07 bits per heavy atom. The Balaban J connectivity index is 1.59. The third-order valence-corrected chi connectivity index (χ3v) is 4.86. The van der Waals surface area contributed by atoms with Crippen molar-refractivity contribution in [2.24, 2.45) is 0 Å². The topological polar surface area (TPSA) is 98.8 Å². The predicted octanol–water partition coefficient (Wildman–Crippen LogP) is 0.534. The van der Waals surface area contributed by atoms with Crippen LogP contribution >= 0.6 is 0 Å². The number of carbonyl (C=O) groups is 3. The first-order valence-corrected chi connectivity index (χ1v) is 9.57. The Labute approximate surface area is 169 Å². The molecule has 3 rings (SSSR count). The summed E-state index contributed by atoms with van der Waals surface area (Å²) in [5.41, 5.74) is 0.776. The molecule has 0 aromatic heterocycles. The van der Waals surface area contributed by atoms with Gasteiger partial charge in [0.25, 0.3) is 5.91 Å². The first kappa shape index (κ1) is 20.4. The summed E-state index contributed by atoms with van der Waals surface area (Å²) in [6.07, 6.45) is 1.27. The molecule has 0 unspecified atom stereocenters. The minimum Gasteiger partial charge on any atom is -0.548 e. The van der Waals surface area contributed by atoms with Gasteiger partial charge in [0, 0.05) is 6.54 Å². The number of ether oxygens (including phenoxy) is 1. The fourth-order valence-corrected chi connectivity index (χ4v) is 3.39. The van der Waals surface area contributed by atoms with Gasteiger partial charge in [-0.2, -0.15) is 0 Å². The third kappa shape index (κ3) is 5.57. The quantitative estimate of drug-likeness (QED) is 0.703. The molecule has 7 heteroatoms. The van der Waals surface area contributed by atoms with Crippen molar-refractivity contribution >= 4 is 17.8 Å². The number of amides is 2. The number of carboxylic acid groups (broad SMARTS) is 1. The van der Waals surface area contributed by atoms with Gasteiger partial charge in [-0.3, -0.25) is 9.59 Å². The molecule has 0 spiro atoms. The summed E-state index contributed by atoms with van der Waals surface area (Å²) < 4.78 is 5.48. The van der Waals surface area contributed by atoms with Gasteiger partial charge in [0.1, 0.15) is 11.8 Å². The van der Waals surface area contributed by atoms with Crippen molar-refractivity contribution in [1.29, 1.82) is 0 Å². The molecule has 0 saturated carbocycles. The van der Waals surface area contributed by atoms with E-state index < -0.39 is 24.0 Å². The van der Waals surface area contributed by atoms with Crippen LogP contribution in [0.15, 0.2) is 60.7 Å². The maximum absolute atomic E-state index is 12.7. The second-order valence-corrected chi connectivity index (χ2v) is 6.92. The Kier molecular flexibility index (Phi) is 6.84. The van der Waals surface area contributed by atoms with Crippen molar-refractivity contribution in [3.8, 4) is 5.75 Å². The second kappa shape index (κ2) is 9.73. The average Bonchev–Trinajstić information content (AvgIpc) is 3.23. The Morgan fingerprint density at radius 3 is 2.38 bits per heavy atom. The highest BCUT2D eigenvalue weighted by Gasteiger charge is 2.35. The van der Waals surface area contributed by atoms with Gasteiger partial charge in [0.2, 0.25) is 5.91 Å². The maximum Gasteiger partial charge on any atom is 0.261 e. The van der Waals surface area contributed by atoms with Crippen LogP contribution in [0.4, 0.5) is 0 Å². The molecule has 1 heterocycles. The van der Waals surface area contributed by atoms with Crippen molar-refractivity contribution < 1.29 is 24.2 Å². The van der Waals surface area contributed by atoms with Gasteiger partial charge >= 0.3 is 0 Å². The highest BCUT2D eigenvalue weighted by molar-refractivity contribution is 5.91. The summed E-state index contributed by atoms with van der Waals surface area (Å²) in [6.45, 7) is 0.255. The number of hydrogen-bond donors (Lipinski definition) is 1. The predicted molar refractivity (Wildman–Crippen MR) is 104 cm³/mol. The molecule has 29 heavy (non-hydrogen) atoms. The molecule has 1 aliphatic rings. The largest absolute Gasteiger partial charge is 0.548 e. The fraction of sp³-hybridized carbons (Fsp3) is 0.318. The van der Waals surface area contributed by atoms with E-state index in [0.717, 1.165) is 5.56 Å². The van der Waals surface area contributed by atoms with Crippen LogP contribution in [0, 0.1) is 0 Å². The lowest BCUT2D eigenvalue weighted by molar-refractivity contribution is -0.308. The van der Waals surface area contributed by atoms with E-state index in [0.29, 0.717) is 25.1 Å². The van der Waals surface area contributed by atoms with Gasteiger partial charge in [-0.15, -0.1) is 0 Å². The zero-order valence-electron chi connectivity index (χ0n) is 16.0. The molecule has 7 nitrogen and oxygen atoms in total. The molecule has 1 saturated heterocycles. The van der Waals surface area contributed by atoms with Gasteiger partial charge in [-0.25, -0.2) is 0 Å². The normalized spacial score (nSPS) is 16.8. The number of rotatable bonds is 8. The third-order valence-electron chi connectivity index (χ3n) is 4.86. The standard InChI is InChI=1S/C22H24N2O5/c25-20(15-29-17-10-5-2-6-11-17)24-13-7-12-19(24)21(26)23-18(22(27)28)14-16-8-3-1-4-9-16/h1-6,8-11,18-19H,7,12-15H2,(H,23,26)(H,27,28)/p-1/t18-,19-/m0/s1. The van der Waals surface area contributed by atoms with Gasteiger partial charge in [-0.1, -0.05) is 48.5 Å². The zero-order valence-corrected chi connectivity index (χ0v) is 16.0. The van der Waals surface area contributed by atoms with E-state index in [1.807, 2.05) is 12.1 Å². The van der Waals surface area contributed by atoms with Crippen molar-refractivity contribution in [3.05, 3.63) is 66.2 Å². The molecular formula is C22H23N2O5-. The minimum absolute atomic E-state index is 0.118. The number of carbonyl (C=O) groups excluding carboxylic acids is 3. The Morgan fingerprint density at radius 2 is 1.72 bits per heavy atom. The SMILES string of the molecule is O=C([O-])[C@H](Cc1ccccc1)NC(=O)[C@@H]1CCCN1C(=O)COc1ccccc1. The van der Waals surface area contributed by atoms with Crippen LogP contribution in [-0.2, 0) is 20.8 Å². The number of nitrogens with one attached hydrogen (secondary N) is 1. The molecular weight excluding hydrogens is 372 g/mol. The summed E-state index contributed by atoms with van der Waals surface area (Å²) >= 11 is 0. The van der Waals surface area contributed by atoms with Crippen LogP contribution < -0.4 is 15.2 Å². The number of para-hydroxylation sites is 1. The van der Waals surface area contributed by atoms with Crippen molar-refractivity contribution in [3.63, 3.8) is 0 Å². The lowest BCUT2D eigenvalue weighted by Crippen LogP contribution is -2.55. The van der Waals surface area contributed by atoms with E-state index in [-0.39, 0.29) is 18.9 Å². The molecule has 152 valence electrons. The lowest BCUT2D eigenvalue weighted by Gasteiger charge is -2.27. The van der Waals surface area contributed by atoms with Crippen molar-refractivity contribution in [1.82, 2.24) is 10.2 Å². The van der Waals surface area contributed by atoms with E-state index in [1.54, 1.807) is 48.5 Å². The number of carboxylic acids is 1. The van der Waals surface area contributed by atoms with E-state index >= 15 is 0 Å². The van der Waals surface area contributed by atoms with Crippen LogP contribution in [0.1, 0.15) is 18.4 Å². The number of likely N-dealkylation sites (tertiary alicyclic amines) is 1. The lowest BCUT2D eigenvalue weighted by atomic mass is 10.1. The van der Waals surface area contributed by atoms with E-state index in [1.165, 1.54) is 4.90 Å². The maximum atomic E-state index is 12.7. The zero-order chi connectivity index (χ0) is 20.6. The molecule has 0 bridgehead atoms. The monoisotopic (exact) mass is 395 g/mol. The highest BCUT2D eigenvalue weighted by atomic mass is 16.5. The second-order valence-electron chi connectivity index (χ2n) is 6.92. The van der Waals surface area contributed by atoms with E-state index in [2.05, 4.69) is 5.32 Å². The molecule has 2 atom stereocenters. The van der Waals surface area contributed by atoms with Crippen LogP contribution in [0.5, 0.6) is 5.75 Å². The fourth-order valence-electron chi connectivity index (χ4n) is 3.39. The van der Waals surface area contributed by atoms with E-state index in [9.17, 15) is 19.5 Å².